The van der Waals surface area contributed by atoms with E-state index in [4.69, 9.17) is 9.84 Å². The van der Waals surface area contributed by atoms with Gasteiger partial charge in [-0.2, -0.15) is 0 Å². The Bertz CT molecular complexity index is 684. The van der Waals surface area contributed by atoms with Crippen LogP contribution < -0.4 is 5.32 Å². The summed E-state index contributed by atoms with van der Waals surface area (Å²) in [6.07, 6.45) is -0.182. The molecule has 0 fully saturated rings. The number of nitrogens with one attached hydrogen (secondary N) is 1. The number of carbonyl (C=O) groups is 2. The molecule has 1 atom stereocenters. The van der Waals surface area contributed by atoms with Crippen molar-refractivity contribution in [3.63, 3.8) is 0 Å². The molecule has 0 saturated carbocycles. The highest BCUT2D eigenvalue weighted by molar-refractivity contribution is 9.10. The lowest BCUT2D eigenvalue weighted by Crippen LogP contribution is -2.30. The van der Waals surface area contributed by atoms with Gasteiger partial charge in [0.1, 0.15) is 0 Å². The molecule has 0 aliphatic carbocycles. The van der Waals surface area contributed by atoms with Gasteiger partial charge in [-0.1, -0.05) is 28.1 Å². The Kier molecular flexibility index (Phi) is 6.32. The molecular weight excluding hydrogens is 382 g/mol. The van der Waals surface area contributed by atoms with Gasteiger partial charge in [0.25, 0.3) is 5.91 Å². The standard InChI is InChI=1S/C16H16BrNO4S/c1-22-9-11-6-7-23-15(11)16(21)18-13(8-14(19)20)10-2-4-12(17)5-3-10/h2-7,13H,8-9H2,1H3,(H,18,21)(H,19,20). The van der Waals surface area contributed by atoms with Crippen molar-refractivity contribution >= 4 is 39.1 Å². The average Bonchev–Trinajstić information content (AvgIpc) is 2.95. The van der Waals surface area contributed by atoms with Crippen molar-refractivity contribution in [2.45, 2.75) is 19.1 Å². The Morgan fingerprint density at radius 1 is 1.30 bits per heavy atom. The number of amides is 1. The lowest BCUT2D eigenvalue weighted by molar-refractivity contribution is -0.137. The summed E-state index contributed by atoms with van der Waals surface area (Å²) in [4.78, 5) is 24.1. The third kappa shape index (κ3) is 4.89. The number of carboxylic acids is 1. The fourth-order valence-electron chi connectivity index (χ4n) is 2.15. The number of carbonyl (C=O) groups excluding carboxylic acids is 1. The van der Waals surface area contributed by atoms with Crippen molar-refractivity contribution in [3.8, 4) is 0 Å². The Labute approximate surface area is 146 Å². The van der Waals surface area contributed by atoms with Crippen LogP contribution in [0.15, 0.2) is 40.2 Å². The van der Waals surface area contributed by atoms with Crippen LogP contribution in [0.2, 0.25) is 0 Å². The minimum absolute atomic E-state index is 0.182. The molecule has 0 saturated heterocycles. The minimum atomic E-state index is -0.971. The second-order valence-corrected chi connectivity index (χ2v) is 6.72. The van der Waals surface area contributed by atoms with Crippen LogP contribution in [-0.2, 0) is 16.1 Å². The molecule has 0 aliphatic rings. The lowest BCUT2D eigenvalue weighted by atomic mass is 10.0. The van der Waals surface area contributed by atoms with Crippen molar-refractivity contribution in [2.24, 2.45) is 0 Å². The molecule has 1 heterocycles. The molecule has 2 N–H and O–H groups in total. The number of methoxy groups -OCH3 is 1. The van der Waals surface area contributed by atoms with Crippen LogP contribution in [0.3, 0.4) is 0 Å². The average molecular weight is 398 g/mol. The molecular formula is C16H16BrNO4S. The van der Waals surface area contributed by atoms with Crippen molar-refractivity contribution in [3.05, 3.63) is 56.2 Å². The van der Waals surface area contributed by atoms with Crippen molar-refractivity contribution < 1.29 is 19.4 Å². The fraction of sp³-hybridized carbons (Fsp3) is 0.250. The minimum Gasteiger partial charge on any atom is -0.481 e. The number of hydrogen-bond donors (Lipinski definition) is 2. The van der Waals surface area contributed by atoms with Crippen LogP contribution in [0.1, 0.15) is 33.3 Å². The van der Waals surface area contributed by atoms with Crippen LogP contribution in [-0.4, -0.2) is 24.1 Å². The topological polar surface area (TPSA) is 75.6 Å². The number of benzene rings is 1. The summed E-state index contributed by atoms with van der Waals surface area (Å²) in [5, 5.41) is 13.7. The van der Waals surface area contributed by atoms with Crippen molar-refractivity contribution in [1.82, 2.24) is 5.32 Å². The molecule has 1 unspecified atom stereocenters. The Hall–Kier alpha value is -1.70. The largest absolute Gasteiger partial charge is 0.481 e. The van der Waals surface area contributed by atoms with E-state index in [1.807, 2.05) is 23.6 Å². The van der Waals surface area contributed by atoms with Crippen LogP contribution >= 0.6 is 27.3 Å². The van der Waals surface area contributed by atoms with Gasteiger partial charge >= 0.3 is 5.97 Å². The number of carboxylic acid groups (broad SMARTS) is 1. The maximum absolute atomic E-state index is 12.5. The second kappa shape index (κ2) is 8.24. The van der Waals surface area contributed by atoms with Crippen LogP contribution in [0, 0.1) is 0 Å². The van der Waals surface area contributed by atoms with Gasteiger partial charge in [0, 0.05) is 17.1 Å². The van der Waals surface area contributed by atoms with E-state index < -0.39 is 12.0 Å². The SMILES string of the molecule is COCc1ccsc1C(=O)NC(CC(=O)O)c1ccc(Br)cc1. The summed E-state index contributed by atoms with van der Waals surface area (Å²) in [5.74, 6) is -1.26. The molecule has 0 aliphatic heterocycles. The molecule has 2 rings (SSSR count). The Balaban J connectivity index is 2.19. The van der Waals surface area contributed by atoms with Gasteiger partial charge < -0.3 is 15.2 Å². The quantitative estimate of drug-likeness (QED) is 0.747. The van der Waals surface area contributed by atoms with E-state index >= 15 is 0 Å². The third-order valence-corrected chi connectivity index (χ3v) is 4.69. The van der Waals surface area contributed by atoms with Crippen LogP contribution in [0.4, 0.5) is 0 Å². The molecule has 0 spiro atoms. The number of rotatable bonds is 7. The van der Waals surface area contributed by atoms with Gasteiger partial charge in [0.2, 0.25) is 0 Å². The van der Waals surface area contributed by atoms with E-state index in [9.17, 15) is 9.59 Å². The number of thiophene rings is 1. The maximum Gasteiger partial charge on any atom is 0.305 e. The Morgan fingerprint density at radius 3 is 2.61 bits per heavy atom. The van der Waals surface area contributed by atoms with Crippen molar-refractivity contribution in [1.29, 1.82) is 0 Å². The van der Waals surface area contributed by atoms with E-state index in [1.165, 1.54) is 11.3 Å². The summed E-state index contributed by atoms with van der Waals surface area (Å²) in [6.45, 7) is 0.341. The van der Waals surface area contributed by atoms with E-state index in [0.717, 1.165) is 15.6 Å². The molecule has 0 radical (unpaired) electrons. The predicted octanol–water partition coefficient (Wildman–Crippen LogP) is 3.60. The molecule has 1 aromatic carbocycles. The number of hydrogen-bond acceptors (Lipinski definition) is 4. The summed E-state index contributed by atoms with van der Waals surface area (Å²) >= 11 is 4.65. The van der Waals surface area contributed by atoms with E-state index in [2.05, 4.69) is 21.2 Å². The molecule has 0 bridgehead atoms. The highest BCUT2D eigenvalue weighted by Gasteiger charge is 2.21. The maximum atomic E-state index is 12.5. The number of ether oxygens (including phenoxy) is 1. The first-order chi connectivity index (χ1) is 11.0. The van der Waals surface area contributed by atoms with Crippen molar-refractivity contribution in [2.75, 3.05) is 7.11 Å². The number of aliphatic carboxylic acids is 1. The highest BCUT2D eigenvalue weighted by Crippen LogP contribution is 2.23. The first kappa shape index (κ1) is 17.7. The monoisotopic (exact) mass is 397 g/mol. The predicted molar refractivity (Wildman–Crippen MR) is 91.6 cm³/mol. The zero-order chi connectivity index (χ0) is 16.8. The van der Waals surface area contributed by atoms with Crippen LogP contribution in [0.25, 0.3) is 0 Å². The zero-order valence-corrected chi connectivity index (χ0v) is 14.8. The highest BCUT2D eigenvalue weighted by atomic mass is 79.9. The van der Waals surface area contributed by atoms with E-state index in [0.29, 0.717) is 11.5 Å². The van der Waals surface area contributed by atoms with Crippen LogP contribution in [0.5, 0.6) is 0 Å². The molecule has 7 heteroatoms. The summed E-state index contributed by atoms with van der Waals surface area (Å²) in [6, 6.07) is 8.46. The number of halogens is 1. The van der Waals surface area contributed by atoms with Gasteiger partial charge in [-0.25, -0.2) is 0 Å². The Morgan fingerprint density at radius 2 is 2.00 bits per heavy atom. The van der Waals surface area contributed by atoms with Gasteiger partial charge in [-0.15, -0.1) is 11.3 Å². The first-order valence-corrected chi connectivity index (χ1v) is 8.52. The third-order valence-electron chi connectivity index (χ3n) is 3.21. The normalized spacial score (nSPS) is 11.9. The molecule has 2 aromatic rings. The van der Waals surface area contributed by atoms with E-state index in [-0.39, 0.29) is 12.3 Å². The zero-order valence-electron chi connectivity index (χ0n) is 12.4. The summed E-state index contributed by atoms with van der Waals surface area (Å²) < 4.78 is 5.96. The van der Waals surface area contributed by atoms with E-state index in [1.54, 1.807) is 19.2 Å². The molecule has 1 amide bonds. The molecule has 5 nitrogen and oxygen atoms in total. The van der Waals surface area contributed by atoms with Gasteiger partial charge in [-0.05, 0) is 29.1 Å². The molecule has 1 aromatic heterocycles. The summed E-state index contributed by atoms with van der Waals surface area (Å²) in [5.41, 5.74) is 1.54. The molecule has 23 heavy (non-hydrogen) atoms. The smallest absolute Gasteiger partial charge is 0.305 e. The summed E-state index contributed by atoms with van der Waals surface area (Å²) in [7, 11) is 1.56. The lowest BCUT2D eigenvalue weighted by Gasteiger charge is -2.17. The molecule has 122 valence electrons. The van der Waals surface area contributed by atoms with Gasteiger partial charge in [-0.3, -0.25) is 9.59 Å². The van der Waals surface area contributed by atoms with Gasteiger partial charge in [0.15, 0.2) is 0 Å². The van der Waals surface area contributed by atoms with Gasteiger partial charge in [0.05, 0.1) is 23.9 Å². The fourth-order valence-corrected chi connectivity index (χ4v) is 3.23. The first-order valence-electron chi connectivity index (χ1n) is 6.84. The second-order valence-electron chi connectivity index (χ2n) is 4.88.